The molecule has 2 aromatic rings. The first-order valence-corrected chi connectivity index (χ1v) is 7.55. The molecule has 0 bridgehead atoms. The van der Waals surface area contributed by atoms with E-state index in [4.69, 9.17) is 21.9 Å². The first kappa shape index (κ1) is 14.2. The van der Waals surface area contributed by atoms with E-state index >= 15 is 0 Å². The van der Waals surface area contributed by atoms with Gasteiger partial charge in [-0.25, -0.2) is 0 Å². The van der Waals surface area contributed by atoms with Gasteiger partial charge in [-0.2, -0.15) is 16.7 Å². The van der Waals surface area contributed by atoms with Gasteiger partial charge in [0, 0.05) is 5.69 Å². The molecule has 0 aliphatic rings. The molecule has 0 aliphatic heterocycles. The Morgan fingerprint density at radius 3 is 2.89 bits per heavy atom. The highest BCUT2D eigenvalue weighted by atomic mass is 35.5. The van der Waals surface area contributed by atoms with Crippen molar-refractivity contribution in [2.45, 2.75) is 19.6 Å². The predicted octanol–water partition coefficient (Wildman–Crippen LogP) is 3.86. The van der Waals surface area contributed by atoms with Gasteiger partial charge >= 0.3 is 0 Å². The summed E-state index contributed by atoms with van der Waals surface area (Å²) in [6.45, 7) is 4.37. The lowest BCUT2D eigenvalue weighted by Crippen LogP contribution is -1.92. The average Bonchev–Trinajstić information content (AvgIpc) is 2.77. The van der Waals surface area contributed by atoms with Gasteiger partial charge in [0.25, 0.3) is 5.89 Å². The number of nitrogens with two attached hydrogens (primary N) is 1. The summed E-state index contributed by atoms with van der Waals surface area (Å²) in [6.07, 6.45) is 0. The molecule has 1 aromatic heterocycles. The van der Waals surface area contributed by atoms with Gasteiger partial charge in [-0.15, -0.1) is 0 Å². The number of rotatable bonds is 5. The Balaban J connectivity index is 2.08. The van der Waals surface area contributed by atoms with Crippen LogP contribution in [0.4, 0.5) is 5.69 Å². The Kier molecular flexibility index (Phi) is 4.71. The molecule has 0 aliphatic carbocycles. The minimum Gasteiger partial charge on any atom is -0.399 e. The largest absolute Gasteiger partial charge is 0.399 e. The maximum Gasteiger partial charge on any atom is 0.259 e. The number of nitrogen functional groups attached to an aromatic ring is 1. The molecule has 0 unspecified atom stereocenters. The zero-order valence-corrected chi connectivity index (χ0v) is 12.5. The Hall–Kier alpha value is -1.20. The van der Waals surface area contributed by atoms with Crippen molar-refractivity contribution in [3.63, 3.8) is 0 Å². The lowest BCUT2D eigenvalue weighted by atomic mass is 10.2. The number of anilines is 1. The zero-order chi connectivity index (χ0) is 13.8. The molecule has 2 rings (SSSR count). The van der Waals surface area contributed by atoms with E-state index in [0.717, 1.165) is 11.5 Å². The van der Waals surface area contributed by atoms with E-state index in [0.29, 0.717) is 33.9 Å². The van der Waals surface area contributed by atoms with E-state index in [1.165, 1.54) is 0 Å². The van der Waals surface area contributed by atoms with Crippen molar-refractivity contribution in [2.24, 2.45) is 5.92 Å². The van der Waals surface area contributed by atoms with E-state index in [2.05, 4.69) is 24.0 Å². The summed E-state index contributed by atoms with van der Waals surface area (Å²) in [7, 11) is 0. The van der Waals surface area contributed by atoms with E-state index in [1.54, 1.807) is 30.0 Å². The third kappa shape index (κ3) is 3.88. The number of thioether (sulfide) groups is 1. The Morgan fingerprint density at radius 2 is 2.21 bits per heavy atom. The molecule has 0 atom stereocenters. The Bertz CT molecular complexity index is 557. The number of halogens is 1. The number of hydrogen-bond donors (Lipinski definition) is 1. The molecule has 0 amide bonds. The van der Waals surface area contributed by atoms with Crippen LogP contribution in [0.1, 0.15) is 19.7 Å². The third-order valence-corrected chi connectivity index (χ3v) is 4.05. The Labute approximate surface area is 121 Å². The quantitative estimate of drug-likeness (QED) is 0.849. The fraction of sp³-hybridized carbons (Fsp3) is 0.385. The first-order chi connectivity index (χ1) is 9.06. The standard InChI is InChI=1S/C13H16ClN3OS/c1-8(2)6-19-7-12-16-13(18-17-12)10-4-3-9(15)5-11(10)14/h3-5,8H,6-7,15H2,1-2H3. The minimum atomic E-state index is 0.435. The second kappa shape index (κ2) is 6.30. The van der Waals surface area contributed by atoms with Crippen LogP contribution in [0.2, 0.25) is 5.02 Å². The number of nitrogens with zero attached hydrogens (tertiary/aromatic N) is 2. The van der Waals surface area contributed by atoms with Crippen LogP contribution in [0, 0.1) is 5.92 Å². The Morgan fingerprint density at radius 1 is 1.42 bits per heavy atom. The van der Waals surface area contributed by atoms with E-state index < -0.39 is 0 Å². The van der Waals surface area contributed by atoms with Crippen LogP contribution >= 0.6 is 23.4 Å². The number of aromatic nitrogens is 2. The number of benzene rings is 1. The summed E-state index contributed by atoms with van der Waals surface area (Å²) in [5.74, 6) is 3.60. The van der Waals surface area contributed by atoms with Crippen molar-refractivity contribution in [1.82, 2.24) is 10.1 Å². The van der Waals surface area contributed by atoms with Gasteiger partial charge in [0.05, 0.1) is 16.3 Å². The van der Waals surface area contributed by atoms with Gasteiger partial charge in [0.15, 0.2) is 5.82 Å². The predicted molar refractivity (Wildman–Crippen MR) is 80.2 cm³/mol. The summed E-state index contributed by atoms with van der Waals surface area (Å²) < 4.78 is 5.23. The number of hydrogen-bond acceptors (Lipinski definition) is 5. The topological polar surface area (TPSA) is 64.9 Å². The van der Waals surface area contributed by atoms with E-state index in [-0.39, 0.29) is 0 Å². The molecule has 6 heteroatoms. The van der Waals surface area contributed by atoms with Crippen LogP contribution in [0.5, 0.6) is 0 Å². The van der Waals surface area contributed by atoms with E-state index in [9.17, 15) is 0 Å². The van der Waals surface area contributed by atoms with Crippen LogP contribution in [0.3, 0.4) is 0 Å². The van der Waals surface area contributed by atoms with Gasteiger partial charge < -0.3 is 10.3 Å². The van der Waals surface area contributed by atoms with Crippen molar-refractivity contribution >= 4 is 29.1 Å². The molecule has 4 nitrogen and oxygen atoms in total. The molecule has 1 aromatic carbocycles. The van der Waals surface area contributed by atoms with E-state index in [1.807, 2.05) is 0 Å². The third-order valence-electron chi connectivity index (χ3n) is 2.37. The fourth-order valence-corrected chi connectivity index (χ4v) is 2.67. The van der Waals surface area contributed by atoms with Crippen molar-refractivity contribution in [1.29, 1.82) is 0 Å². The maximum atomic E-state index is 6.11. The van der Waals surface area contributed by atoms with Crippen molar-refractivity contribution < 1.29 is 4.52 Å². The van der Waals surface area contributed by atoms with Crippen molar-refractivity contribution in [3.05, 3.63) is 29.0 Å². The van der Waals surface area contributed by atoms with Crippen molar-refractivity contribution in [2.75, 3.05) is 11.5 Å². The summed E-state index contributed by atoms with van der Waals surface area (Å²) in [5, 5.41) is 4.47. The smallest absolute Gasteiger partial charge is 0.259 e. The summed E-state index contributed by atoms with van der Waals surface area (Å²) in [5.41, 5.74) is 6.97. The molecule has 0 radical (unpaired) electrons. The SMILES string of the molecule is CC(C)CSCc1noc(-c2ccc(N)cc2Cl)n1. The van der Waals surface area contributed by atoms with Gasteiger partial charge in [-0.1, -0.05) is 30.6 Å². The van der Waals surface area contributed by atoms with Crippen LogP contribution in [-0.2, 0) is 5.75 Å². The molecule has 1 heterocycles. The monoisotopic (exact) mass is 297 g/mol. The highest BCUT2D eigenvalue weighted by Gasteiger charge is 2.12. The molecule has 102 valence electrons. The summed E-state index contributed by atoms with van der Waals surface area (Å²) in [4.78, 5) is 4.34. The first-order valence-electron chi connectivity index (χ1n) is 6.02. The van der Waals surface area contributed by atoms with Crippen LogP contribution in [0.25, 0.3) is 11.5 Å². The molecular weight excluding hydrogens is 282 g/mol. The molecule has 0 saturated carbocycles. The lowest BCUT2D eigenvalue weighted by molar-refractivity contribution is 0.425. The molecule has 2 N–H and O–H groups in total. The van der Waals surface area contributed by atoms with Crippen molar-refractivity contribution in [3.8, 4) is 11.5 Å². The summed E-state index contributed by atoms with van der Waals surface area (Å²) >= 11 is 7.90. The minimum absolute atomic E-state index is 0.435. The lowest BCUT2D eigenvalue weighted by Gasteiger charge is -2.01. The zero-order valence-electron chi connectivity index (χ0n) is 10.9. The molecule has 0 spiro atoms. The summed E-state index contributed by atoms with van der Waals surface area (Å²) in [6, 6.07) is 5.23. The highest BCUT2D eigenvalue weighted by molar-refractivity contribution is 7.98. The van der Waals surface area contributed by atoms with Crippen LogP contribution < -0.4 is 5.73 Å². The molecule has 0 fully saturated rings. The van der Waals surface area contributed by atoms with Crippen LogP contribution in [-0.4, -0.2) is 15.9 Å². The molecule has 19 heavy (non-hydrogen) atoms. The normalized spacial score (nSPS) is 11.2. The van der Waals surface area contributed by atoms with Gasteiger partial charge in [0.2, 0.25) is 0 Å². The fourth-order valence-electron chi connectivity index (χ4n) is 1.51. The van der Waals surface area contributed by atoms with Gasteiger partial charge in [0.1, 0.15) is 0 Å². The van der Waals surface area contributed by atoms with Gasteiger partial charge in [-0.3, -0.25) is 0 Å². The molecular formula is C13H16ClN3OS. The second-order valence-electron chi connectivity index (χ2n) is 4.66. The maximum absolute atomic E-state index is 6.11. The highest BCUT2D eigenvalue weighted by Crippen LogP contribution is 2.28. The van der Waals surface area contributed by atoms with Crippen LogP contribution in [0.15, 0.2) is 22.7 Å². The molecule has 0 saturated heterocycles. The average molecular weight is 298 g/mol. The second-order valence-corrected chi connectivity index (χ2v) is 6.10. The van der Waals surface area contributed by atoms with Gasteiger partial charge in [-0.05, 0) is 29.9 Å².